The molecular weight excluding hydrogens is 318 g/mol. The number of thiocarbonyl (C=S) groups is 1. The minimum Gasteiger partial charge on any atom is -0.360 e. The summed E-state index contributed by atoms with van der Waals surface area (Å²) in [7, 11) is 0. The highest BCUT2D eigenvalue weighted by Gasteiger charge is 2.09. The molecule has 0 radical (unpaired) electrons. The molecule has 6 heteroatoms. The molecule has 2 aromatic heterocycles. The van der Waals surface area contributed by atoms with Crippen LogP contribution in [-0.4, -0.2) is 20.3 Å². The van der Waals surface area contributed by atoms with Crippen molar-refractivity contribution in [3.63, 3.8) is 0 Å². The fraction of sp³-hybridized carbons (Fsp3) is 0. The number of fused-ring (bicyclic) bond motifs is 1. The van der Waals surface area contributed by atoms with Gasteiger partial charge in [0, 0.05) is 34.4 Å². The SMILES string of the molecule is S=C(Nc1ccccc1)Nc1cc(-c2c[nH]c3ccccc23)[nH]n1. The molecule has 0 unspecified atom stereocenters. The van der Waals surface area contributed by atoms with Gasteiger partial charge in [-0.15, -0.1) is 0 Å². The second kappa shape index (κ2) is 6.17. The van der Waals surface area contributed by atoms with Crippen LogP contribution in [0.15, 0.2) is 66.9 Å². The molecule has 0 fully saturated rings. The average molecular weight is 333 g/mol. The molecule has 0 saturated carbocycles. The molecule has 0 spiro atoms. The highest BCUT2D eigenvalue weighted by molar-refractivity contribution is 7.80. The van der Waals surface area contributed by atoms with E-state index in [1.165, 1.54) is 0 Å². The fourth-order valence-corrected chi connectivity index (χ4v) is 2.84. The maximum absolute atomic E-state index is 5.32. The van der Waals surface area contributed by atoms with Crippen LogP contribution in [0.5, 0.6) is 0 Å². The third kappa shape index (κ3) is 2.87. The van der Waals surface area contributed by atoms with Gasteiger partial charge in [-0.05, 0) is 30.4 Å². The molecule has 5 nitrogen and oxygen atoms in total. The highest BCUT2D eigenvalue weighted by atomic mass is 32.1. The second-order valence-corrected chi connectivity index (χ2v) is 5.77. The lowest BCUT2D eigenvalue weighted by Crippen LogP contribution is -2.19. The number of para-hydroxylation sites is 2. The summed E-state index contributed by atoms with van der Waals surface area (Å²) in [5, 5.41) is 15.2. The lowest BCUT2D eigenvalue weighted by Gasteiger charge is -2.07. The monoisotopic (exact) mass is 333 g/mol. The predicted molar refractivity (Wildman–Crippen MR) is 102 cm³/mol. The Morgan fingerprint density at radius 2 is 1.75 bits per heavy atom. The maximum atomic E-state index is 5.32. The number of H-pyrrole nitrogens is 2. The van der Waals surface area contributed by atoms with Gasteiger partial charge in [0.1, 0.15) is 0 Å². The van der Waals surface area contributed by atoms with Gasteiger partial charge in [0.2, 0.25) is 0 Å². The summed E-state index contributed by atoms with van der Waals surface area (Å²) in [5.74, 6) is 0.670. The van der Waals surface area contributed by atoms with Gasteiger partial charge < -0.3 is 15.6 Å². The van der Waals surface area contributed by atoms with Crippen molar-refractivity contribution in [2.75, 3.05) is 10.6 Å². The summed E-state index contributed by atoms with van der Waals surface area (Å²) >= 11 is 5.32. The minimum atomic E-state index is 0.498. The van der Waals surface area contributed by atoms with E-state index in [0.29, 0.717) is 10.9 Å². The zero-order valence-corrected chi connectivity index (χ0v) is 13.5. The van der Waals surface area contributed by atoms with E-state index in [1.807, 2.05) is 60.8 Å². The number of anilines is 2. The minimum absolute atomic E-state index is 0.498. The van der Waals surface area contributed by atoms with Crippen molar-refractivity contribution in [3.05, 3.63) is 66.9 Å². The first-order chi connectivity index (χ1) is 11.8. The average Bonchev–Trinajstić information content (AvgIpc) is 3.22. The summed E-state index contributed by atoms with van der Waals surface area (Å²) in [6.45, 7) is 0. The van der Waals surface area contributed by atoms with E-state index in [1.54, 1.807) is 0 Å². The van der Waals surface area contributed by atoms with Gasteiger partial charge >= 0.3 is 0 Å². The van der Waals surface area contributed by atoms with Crippen molar-refractivity contribution in [2.45, 2.75) is 0 Å². The van der Waals surface area contributed by atoms with Crippen molar-refractivity contribution < 1.29 is 0 Å². The van der Waals surface area contributed by atoms with Crippen molar-refractivity contribution >= 4 is 39.7 Å². The molecule has 0 amide bonds. The van der Waals surface area contributed by atoms with E-state index >= 15 is 0 Å². The van der Waals surface area contributed by atoms with E-state index in [9.17, 15) is 0 Å². The zero-order valence-electron chi connectivity index (χ0n) is 12.7. The molecule has 0 saturated heterocycles. The normalized spacial score (nSPS) is 10.7. The van der Waals surface area contributed by atoms with Crippen molar-refractivity contribution in [3.8, 4) is 11.3 Å². The van der Waals surface area contributed by atoms with Gasteiger partial charge in [0.05, 0.1) is 5.69 Å². The van der Waals surface area contributed by atoms with Crippen LogP contribution >= 0.6 is 12.2 Å². The Morgan fingerprint density at radius 3 is 2.62 bits per heavy atom. The van der Waals surface area contributed by atoms with E-state index in [2.05, 4.69) is 31.9 Å². The molecule has 0 aliphatic heterocycles. The molecule has 0 bridgehead atoms. The van der Waals surface area contributed by atoms with Gasteiger partial charge in [-0.3, -0.25) is 5.10 Å². The lowest BCUT2D eigenvalue weighted by atomic mass is 10.1. The summed E-state index contributed by atoms with van der Waals surface area (Å²) < 4.78 is 0. The smallest absolute Gasteiger partial charge is 0.176 e. The van der Waals surface area contributed by atoms with Gasteiger partial charge in [-0.1, -0.05) is 36.4 Å². The van der Waals surface area contributed by atoms with Crippen LogP contribution in [0.1, 0.15) is 0 Å². The first-order valence-corrected chi connectivity index (χ1v) is 7.95. The first-order valence-electron chi connectivity index (χ1n) is 7.54. The highest BCUT2D eigenvalue weighted by Crippen LogP contribution is 2.28. The summed E-state index contributed by atoms with van der Waals surface area (Å²) in [4.78, 5) is 3.26. The quantitative estimate of drug-likeness (QED) is 0.420. The van der Waals surface area contributed by atoms with Crippen molar-refractivity contribution in [2.24, 2.45) is 0 Å². The number of nitrogens with zero attached hydrogens (tertiary/aromatic N) is 1. The molecular formula is C18H15N5S. The predicted octanol–water partition coefficient (Wildman–Crippen LogP) is 4.37. The van der Waals surface area contributed by atoms with Crippen LogP contribution in [0, 0.1) is 0 Å². The number of hydrogen-bond acceptors (Lipinski definition) is 2. The van der Waals surface area contributed by atoms with Gasteiger partial charge in [0.25, 0.3) is 0 Å². The molecule has 2 heterocycles. The second-order valence-electron chi connectivity index (χ2n) is 5.36. The van der Waals surface area contributed by atoms with Gasteiger partial charge in [-0.25, -0.2) is 0 Å². The van der Waals surface area contributed by atoms with Crippen LogP contribution in [0.3, 0.4) is 0 Å². The number of rotatable bonds is 3. The van der Waals surface area contributed by atoms with Crippen molar-refractivity contribution in [1.82, 2.24) is 15.2 Å². The molecule has 24 heavy (non-hydrogen) atoms. The van der Waals surface area contributed by atoms with Crippen LogP contribution in [-0.2, 0) is 0 Å². The Bertz CT molecular complexity index is 987. The Hall–Kier alpha value is -3.12. The summed E-state index contributed by atoms with van der Waals surface area (Å²) in [6, 6.07) is 19.9. The maximum Gasteiger partial charge on any atom is 0.176 e. The number of hydrogen-bond donors (Lipinski definition) is 4. The van der Waals surface area contributed by atoms with Crippen LogP contribution in [0.25, 0.3) is 22.2 Å². The molecule has 2 aromatic carbocycles. The Balaban J connectivity index is 1.52. The Morgan fingerprint density at radius 1 is 0.958 bits per heavy atom. The third-order valence-electron chi connectivity index (χ3n) is 3.73. The topological polar surface area (TPSA) is 68.5 Å². The fourth-order valence-electron chi connectivity index (χ4n) is 2.62. The van der Waals surface area contributed by atoms with E-state index in [-0.39, 0.29) is 0 Å². The van der Waals surface area contributed by atoms with Gasteiger partial charge in [0.15, 0.2) is 10.9 Å². The Kier molecular flexibility index (Phi) is 3.72. The lowest BCUT2D eigenvalue weighted by molar-refractivity contribution is 1.10. The first kappa shape index (κ1) is 14.5. The molecule has 118 valence electrons. The summed E-state index contributed by atoms with van der Waals surface area (Å²) in [6.07, 6.45) is 1.97. The van der Waals surface area contributed by atoms with Crippen LogP contribution < -0.4 is 10.6 Å². The van der Waals surface area contributed by atoms with Crippen molar-refractivity contribution in [1.29, 1.82) is 0 Å². The number of nitrogens with one attached hydrogen (secondary N) is 4. The van der Waals surface area contributed by atoms with Crippen LogP contribution in [0.4, 0.5) is 11.5 Å². The van der Waals surface area contributed by atoms with E-state index in [4.69, 9.17) is 12.2 Å². The largest absolute Gasteiger partial charge is 0.360 e. The van der Waals surface area contributed by atoms with Gasteiger partial charge in [-0.2, -0.15) is 5.10 Å². The molecule has 0 aliphatic rings. The molecule has 4 rings (SSSR count). The molecule has 0 aliphatic carbocycles. The number of aromatic nitrogens is 3. The number of aromatic amines is 2. The van der Waals surface area contributed by atoms with Crippen LogP contribution in [0.2, 0.25) is 0 Å². The number of benzene rings is 2. The Labute approximate surface area is 144 Å². The molecule has 0 atom stereocenters. The van der Waals surface area contributed by atoms with E-state index in [0.717, 1.165) is 27.8 Å². The molecule has 4 aromatic rings. The summed E-state index contributed by atoms with van der Waals surface area (Å²) in [5.41, 5.74) is 4.03. The molecule has 4 N–H and O–H groups in total. The van der Waals surface area contributed by atoms with E-state index < -0.39 is 0 Å². The third-order valence-corrected chi connectivity index (χ3v) is 3.93. The zero-order chi connectivity index (χ0) is 16.4. The standard InChI is InChI=1S/C18H15N5S/c24-18(20-12-6-2-1-3-7-12)21-17-10-16(22-23-17)14-11-19-15-9-5-4-8-13(14)15/h1-11,19H,(H3,20,21,22,23,24).